The van der Waals surface area contributed by atoms with Gasteiger partial charge in [0.25, 0.3) is 5.91 Å². The Kier molecular flexibility index (Phi) is 7.98. The van der Waals surface area contributed by atoms with E-state index in [2.05, 4.69) is 9.80 Å². The minimum Gasteiger partial charge on any atom is -0.494 e. The summed E-state index contributed by atoms with van der Waals surface area (Å²) in [6, 6.07) is 12.5. The lowest BCUT2D eigenvalue weighted by Crippen LogP contribution is -2.48. The number of benzene rings is 2. The molecule has 4 rings (SSSR count). The van der Waals surface area contributed by atoms with Crippen LogP contribution in [0.15, 0.2) is 48.5 Å². The number of piperidine rings is 1. The molecule has 2 aromatic rings. The standard InChI is InChI=1S/C26H32F3N3O2/c27-26(28,29)22-7-5-21(6-8-22)25(33)32-18-16-31(17-19-32)23-9-11-24(12-10-23)34-20-4-15-30-13-2-1-3-14-30/h5-12H,1-4,13-20H2. The lowest BCUT2D eigenvalue weighted by Gasteiger charge is -2.36. The summed E-state index contributed by atoms with van der Waals surface area (Å²) < 4.78 is 44.1. The maximum Gasteiger partial charge on any atom is 0.416 e. The highest BCUT2D eigenvalue weighted by Crippen LogP contribution is 2.29. The van der Waals surface area contributed by atoms with E-state index in [-0.39, 0.29) is 11.5 Å². The summed E-state index contributed by atoms with van der Waals surface area (Å²) in [6.45, 7) is 6.60. The molecule has 0 bridgehead atoms. The van der Waals surface area contributed by atoms with Gasteiger partial charge in [-0.25, -0.2) is 0 Å². The van der Waals surface area contributed by atoms with Gasteiger partial charge in [0.05, 0.1) is 12.2 Å². The molecule has 0 atom stereocenters. The molecule has 2 aromatic carbocycles. The highest BCUT2D eigenvalue weighted by molar-refractivity contribution is 5.94. The molecule has 2 saturated heterocycles. The zero-order chi connectivity index (χ0) is 24.0. The average molecular weight is 476 g/mol. The summed E-state index contributed by atoms with van der Waals surface area (Å²) in [5.74, 6) is 0.625. The van der Waals surface area contributed by atoms with E-state index < -0.39 is 11.7 Å². The van der Waals surface area contributed by atoms with Gasteiger partial charge in [-0.3, -0.25) is 4.79 Å². The Morgan fingerprint density at radius 1 is 0.824 bits per heavy atom. The van der Waals surface area contributed by atoms with Crippen molar-refractivity contribution < 1.29 is 22.7 Å². The topological polar surface area (TPSA) is 36.0 Å². The molecular weight excluding hydrogens is 443 g/mol. The molecular formula is C26H32F3N3O2. The van der Waals surface area contributed by atoms with Crippen molar-refractivity contribution in [2.45, 2.75) is 31.9 Å². The molecule has 34 heavy (non-hydrogen) atoms. The molecule has 0 aliphatic carbocycles. The first-order valence-electron chi connectivity index (χ1n) is 12.1. The highest BCUT2D eigenvalue weighted by atomic mass is 19.4. The van der Waals surface area contributed by atoms with Gasteiger partial charge in [0.1, 0.15) is 5.75 Å². The number of anilines is 1. The predicted octanol–water partition coefficient (Wildman–Crippen LogP) is 4.92. The monoisotopic (exact) mass is 475 g/mol. The molecule has 0 spiro atoms. The van der Waals surface area contributed by atoms with Crippen molar-refractivity contribution in [1.82, 2.24) is 9.80 Å². The predicted molar refractivity (Wildman–Crippen MR) is 126 cm³/mol. The number of hydrogen-bond acceptors (Lipinski definition) is 4. The number of alkyl halides is 3. The molecule has 2 heterocycles. The summed E-state index contributed by atoms with van der Waals surface area (Å²) in [7, 11) is 0. The van der Waals surface area contributed by atoms with E-state index in [1.807, 2.05) is 24.3 Å². The Labute approximate surface area is 199 Å². The van der Waals surface area contributed by atoms with Gasteiger partial charge < -0.3 is 19.4 Å². The van der Waals surface area contributed by atoms with E-state index in [1.165, 1.54) is 44.5 Å². The molecule has 5 nitrogen and oxygen atoms in total. The molecule has 0 unspecified atom stereocenters. The Bertz CT molecular complexity index is 918. The Balaban J connectivity index is 1.21. The Hall–Kier alpha value is -2.74. The Morgan fingerprint density at radius 3 is 2.09 bits per heavy atom. The fourth-order valence-corrected chi connectivity index (χ4v) is 4.57. The van der Waals surface area contributed by atoms with Gasteiger partial charge in [0.15, 0.2) is 0 Å². The number of halogens is 3. The summed E-state index contributed by atoms with van der Waals surface area (Å²) >= 11 is 0. The second kappa shape index (κ2) is 11.1. The van der Waals surface area contributed by atoms with Gasteiger partial charge in [-0.2, -0.15) is 13.2 Å². The molecule has 2 aliphatic rings. The zero-order valence-electron chi connectivity index (χ0n) is 19.4. The fourth-order valence-electron chi connectivity index (χ4n) is 4.57. The highest BCUT2D eigenvalue weighted by Gasteiger charge is 2.30. The zero-order valence-corrected chi connectivity index (χ0v) is 19.4. The van der Waals surface area contributed by atoms with Crippen LogP contribution in [0.3, 0.4) is 0 Å². The number of ether oxygens (including phenoxy) is 1. The normalized spacial score (nSPS) is 17.6. The third kappa shape index (κ3) is 6.44. The van der Waals surface area contributed by atoms with Gasteiger partial charge in [-0.1, -0.05) is 6.42 Å². The number of carbonyl (C=O) groups is 1. The van der Waals surface area contributed by atoms with Gasteiger partial charge in [-0.05, 0) is 80.9 Å². The number of rotatable bonds is 7. The second-order valence-electron chi connectivity index (χ2n) is 8.95. The maximum absolute atomic E-state index is 12.7. The minimum atomic E-state index is -4.40. The van der Waals surface area contributed by atoms with Crippen LogP contribution < -0.4 is 9.64 Å². The van der Waals surface area contributed by atoms with Crippen LogP contribution in [0.5, 0.6) is 5.75 Å². The number of hydrogen-bond donors (Lipinski definition) is 0. The van der Waals surface area contributed by atoms with E-state index in [4.69, 9.17) is 4.74 Å². The number of piperazine rings is 1. The van der Waals surface area contributed by atoms with E-state index in [9.17, 15) is 18.0 Å². The maximum atomic E-state index is 12.7. The van der Waals surface area contributed by atoms with E-state index in [0.29, 0.717) is 32.8 Å². The SMILES string of the molecule is O=C(c1ccc(C(F)(F)F)cc1)N1CCN(c2ccc(OCCCN3CCCCC3)cc2)CC1. The van der Waals surface area contributed by atoms with E-state index >= 15 is 0 Å². The lowest BCUT2D eigenvalue weighted by atomic mass is 10.1. The summed E-state index contributed by atoms with van der Waals surface area (Å²) in [5.41, 5.74) is 0.605. The molecule has 0 N–H and O–H groups in total. The van der Waals surface area contributed by atoms with Gasteiger partial charge in [0.2, 0.25) is 0 Å². The largest absolute Gasteiger partial charge is 0.494 e. The quantitative estimate of drug-likeness (QED) is 0.533. The molecule has 0 aromatic heterocycles. The molecule has 0 saturated carbocycles. The molecule has 0 radical (unpaired) electrons. The number of nitrogens with zero attached hydrogens (tertiary/aromatic N) is 3. The molecule has 2 fully saturated rings. The van der Waals surface area contributed by atoms with Crippen molar-refractivity contribution in [3.8, 4) is 5.75 Å². The van der Waals surface area contributed by atoms with Gasteiger partial charge in [-0.15, -0.1) is 0 Å². The van der Waals surface area contributed by atoms with Crippen molar-refractivity contribution in [3.63, 3.8) is 0 Å². The number of carbonyl (C=O) groups excluding carboxylic acids is 1. The fraction of sp³-hybridized carbons (Fsp3) is 0.500. The van der Waals surface area contributed by atoms with Gasteiger partial charge >= 0.3 is 6.18 Å². The van der Waals surface area contributed by atoms with Crippen LogP contribution in [0, 0.1) is 0 Å². The first-order valence-corrected chi connectivity index (χ1v) is 12.1. The van der Waals surface area contributed by atoms with Crippen LogP contribution in [0.4, 0.5) is 18.9 Å². The Morgan fingerprint density at radius 2 is 1.47 bits per heavy atom. The molecule has 8 heteroatoms. The summed E-state index contributed by atoms with van der Waals surface area (Å²) in [5, 5.41) is 0. The minimum absolute atomic E-state index is 0.235. The van der Waals surface area contributed by atoms with Crippen molar-refractivity contribution in [3.05, 3.63) is 59.7 Å². The van der Waals surface area contributed by atoms with Gasteiger partial charge in [0, 0.05) is 44.0 Å². The number of amides is 1. The van der Waals surface area contributed by atoms with Crippen molar-refractivity contribution in [1.29, 1.82) is 0 Å². The van der Waals surface area contributed by atoms with Crippen LogP contribution in [-0.2, 0) is 6.18 Å². The molecule has 1 amide bonds. The molecule has 184 valence electrons. The van der Waals surface area contributed by atoms with Crippen molar-refractivity contribution in [2.75, 3.05) is 57.3 Å². The smallest absolute Gasteiger partial charge is 0.416 e. The summed E-state index contributed by atoms with van der Waals surface area (Å²) in [6.07, 6.45) is 0.584. The number of likely N-dealkylation sites (tertiary alicyclic amines) is 1. The first kappa shape index (κ1) is 24.4. The average Bonchev–Trinajstić information content (AvgIpc) is 2.87. The van der Waals surface area contributed by atoms with Crippen LogP contribution in [-0.4, -0.2) is 68.1 Å². The lowest BCUT2D eigenvalue weighted by molar-refractivity contribution is -0.137. The van der Waals surface area contributed by atoms with Crippen LogP contribution in [0.25, 0.3) is 0 Å². The molecule has 2 aliphatic heterocycles. The van der Waals surface area contributed by atoms with Crippen LogP contribution in [0.2, 0.25) is 0 Å². The second-order valence-corrected chi connectivity index (χ2v) is 8.95. The summed E-state index contributed by atoms with van der Waals surface area (Å²) in [4.78, 5) is 19.1. The first-order chi connectivity index (χ1) is 16.4. The van der Waals surface area contributed by atoms with Crippen LogP contribution >= 0.6 is 0 Å². The van der Waals surface area contributed by atoms with Crippen molar-refractivity contribution in [2.24, 2.45) is 0 Å². The van der Waals surface area contributed by atoms with Crippen LogP contribution in [0.1, 0.15) is 41.6 Å². The third-order valence-corrected chi connectivity index (χ3v) is 6.56. The van der Waals surface area contributed by atoms with E-state index in [0.717, 1.165) is 36.5 Å². The van der Waals surface area contributed by atoms with Crippen molar-refractivity contribution >= 4 is 11.6 Å². The van der Waals surface area contributed by atoms with E-state index in [1.54, 1.807) is 4.90 Å². The third-order valence-electron chi connectivity index (χ3n) is 6.56.